The molecule has 0 saturated carbocycles. The number of carbonyl (C=O) groups is 2. The highest BCUT2D eigenvalue weighted by Crippen LogP contribution is 2.16. The van der Waals surface area contributed by atoms with Crippen LogP contribution < -0.4 is 5.32 Å². The number of hydrogen-bond acceptors (Lipinski definition) is 3. The predicted molar refractivity (Wildman–Crippen MR) is 55.1 cm³/mol. The monoisotopic (exact) mass is 214 g/mol. The van der Waals surface area contributed by atoms with Crippen LogP contribution in [0.15, 0.2) is 0 Å². The van der Waals surface area contributed by atoms with Gasteiger partial charge in [-0.05, 0) is 20.3 Å². The molecule has 0 radical (unpaired) electrons. The number of likely N-dealkylation sites (N-methyl/N-ethyl adjacent to an activating group) is 1. The van der Waals surface area contributed by atoms with Gasteiger partial charge in [0.25, 0.3) is 0 Å². The summed E-state index contributed by atoms with van der Waals surface area (Å²) in [6.45, 7) is 3.46. The van der Waals surface area contributed by atoms with Crippen LogP contribution in [0, 0.1) is 0 Å². The van der Waals surface area contributed by atoms with Crippen molar-refractivity contribution in [1.82, 2.24) is 10.2 Å². The summed E-state index contributed by atoms with van der Waals surface area (Å²) >= 11 is 0. The highest BCUT2D eigenvalue weighted by Gasteiger charge is 2.34. The molecule has 1 aliphatic rings. The van der Waals surface area contributed by atoms with Gasteiger partial charge in [-0.15, -0.1) is 0 Å². The molecule has 0 aliphatic carbocycles. The smallest absolute Gasteiger partial charge is 0.245 e. The van der Waals surface area contributed by atoms with Crippen molar-refractivity contribution in [2.24, 2.45) is 0 Å². The number of aliphatic hydroxyl groups excluding tert-OH is 1. The molecular formula is C10H18N2O3. The predicted octanol–water partition coefficient (Wildman–Crippen LogP) is -0.506. The standard InChI is InChI=1S/C10H18N2O3/c1-10(2,6-13)12(3)9(15)7-4-5-8(14)11-7/h7,13H,4-6H2,1-3H3,(H,11,14)/t7-/m0/s1. The van der Waals surface area contributed by atoms with E-state index in [1.165, 1.54) is 4.90 Å². The topological polar surface area (TPSA) is 69.6 Å². The minimum atomic E-state index is -0.593. The molecule has 2 amide bonds. The fourth-order valence-corrected chi connectivity index (χ4v) is 1.44. The van der Waals surface area contributed by atoms with Crippen LogP contribution in [0.2, 0.25) is 0 Å². The first-order valence-corrected chi connectivity index (χ1v) is 5.06. The third kappa shape index (κ3) is 2.47. The Balaban J connectivity index is 2.64. The highest BCUT2D eigenvalue weighted by atomic mass is 16.3. The first-order valence-electron chi connectivity index (χ1n) is 5.06. The average Bonchev–Trinajstić information content (AvgIpc) is 2.62. The summed E-state index contributed by atoms with van der Waals surface area (Å²) in [5.41, 5.74) is -0.593. The molecule has 15 heavy (non-hydrogen) atoms. The van der Waals surface area contributed by atoms with Crippen molar-refractivity contribution in [3.8, 4) is 0 Å². The van der Waals surface area contributed by atoms with E-state index in [-0.39, 0.29) is 18.4 Å². The molecule has 1 atom stereocenters. The van der Waals surface area contributed by atoms with Crippen LogP contribution in [0.3, 0.4) is 0 Å². The van der Waals surface area contributed by atoms with Crippen LogP contribution in [0.25, 0.3) is 0 Å². The minimum absolute atomic E-state index is 0.0800. The number of aliphatic hydroxyl groups is 1. The van der Waals surface area contributed by atoms with Crippen LogP contribution in [-0.4, -0.2) is 47.1 Å². The first-order chi connectivity index (χ1) is 6.88. The van der Waals surface area contributed by atoms with Crippen molar-refractivity contribution in [1.29, 1.82) is 0 Å². The maximum atomic E-state index is 11.9. The molecular weight excluding hydrogens is 196 g/mol. The lowest BCUT2D eigenvalue weighted by Gasteiger charge is -2.35. The van der Waals surface area contributed by atoms with Gasteiger partial charge in [0.2, 0.25) is 11.8 Å². The highest BCUT2D eigenvalue weighted by molar-refractivity contribution is 5.91. The summed E-state index contributed by atoms with van der Waals surface area (Å²) < 4.78 is 0. The van der Waals surface area contributed by atoms with E-state index in [1.54, 1.807) is 20.9 Å². The van der Waals surface area contributed by atoms with Gasteiger partial charge in [0, 0.05) is 13.5 Å². The number of carbonyl (C=O) groups excluding carboxylic acids is 2. The van der Waals surface area contributed by atoms with Crippen molar-refractivity contribution in [3.05, 3.63) is 0 Å². The lowest BCUT2D eigenvalue weighted by atomic mass is 10.0. The number of nitrogens with zero attached hydrogens (tertiary/aromatic N) is 1. The van der Waals surface area contributed by atoms with Crippen molar-refractivity contribution in [2.45, 2.75) is 38.3 Å². The first kappa shape index (κ1) is 12.0. The summed E-state index contributed by atoms with van der Waals surface area (Å²) in [5, 5.41) is 11.7. The van der Waals surface area contributed by atoms with E-state index >= 15 is 0 Å². The van der Waals surface area contributed by atoms with Crippen LogP contribution >= 0.6 is 0 Å². The van der Waals surface area contributed by atoms with Crippen molar-refractivity contribution < 1.29 is 14.7 Å². The van der Waals surface area contributed by atoms with Gasteiger partial charge in [-0.25, -0.2) is 0 Å². The Bertz CT molecular complexity index is 276. The summed E-state index contributed by atoms with van der Waals surface area (Å²) in [4.78, 5) is 24.4. The summed E-state index contributed by atoms with van der Waals surface area (Å²) in [7, 11) is 1.64. The van der Waals surface area contributed by atoms with Gasteiger partial charge in [-0.1, -0.05) is 0 Å². The average molecular weight is 214 g/mol. The lowest BCUT2D eigenvalue weighted by molar-refractivity contribution is -0.138. The van der Waals surface area contributed by atoms with Gasteiger partial charge in [0.1, 0.15) is 6.04 Å². The molecule has 1 fully saturated rings. The molecule has 5 nitrogen and oxygen atoms in total. The van der Waals surface area contributed by atoms with Crippen LogP contribution in [0.1, 0.15) is 26.7 Å². The minimum Gasteiger partial charge on any atom is -0.394 e. The number of nitrogens with one attached hydrogen (secondary N) is 1. The maximum absolute atomic E-state index is 11.9. The van der Waals surface area contributed by atoms with Crippen LogP contribution in [0.5, 0.6) is 0 Å². The Morgan fingerprint density at radius 3 is 2.67 bits per heavy atom. The van der Waals surface area contributed by atoms with Gasteiger partial charge in [-0.2, -0.15) is 0 Å². The summed E-state index contributed by atoms with van der Waals surface area (Å²) in [6, 6.07) is -0.423. The molecule has 86 valence electrons. The number of hydrogen-bond donors (Lipinski definition) is 2. The maximum Gasteiger partial charge on any atom is 0.245 e. The molecule has 2 N–H and O–H groups in total. The molecule has 1 saturated heterocycles. The largest absolute Gasteiger partial charge is 0.394 e. The van der Waals surface area contributed by atoms with Crippen molar-refractivity contribution in [2.75, 3.05) is 13.7 Å². The molecule has 0 aromatic carbocycles. The van der Waals surface area contributed by atoms with E-state index in [0.29, 0.717) is 12.8 Å². The van der Waals surface area contributed by atoms with Gasteiger partial charge >= 0.3 is 0 Å². The van der Waals surface area contributed by atoms with Gasteiger partial charge in [0.15, 0.2) is 0 Å². The second-order valence-corrected chi connectivity index (χ2v) is 4.53. The van der Waals surface area contributed by atoms with Crippen LogP contribution in [-0.2, 0) is 9.59 Å². The molecule has 0 aromatic rings. The third-order valence-corrected chi connectivity index (χ3v) is 2.92. The van der Waals surface area contributed by atoms with E-state index in [1.807, 2.05) is 0 Å². The fraction of sp³-hybridized carbons (Fsp3) is 0.800. The van der Waals surface area contributed by atoms with Crippen molar-refractivity contribution in [3.63, 3.8) is 0 Å². The zero-order chi connectivity index (χ0) is 11.6. The molecule has 5 heteroatoms. The molecule has 0 spiro atoms. The molecule has 0 aromatic heterocycles. The Morgan fingerprint density at radius 1 is 1.67 bits per heavy atom. The SMILES string of the molecule is CN(C(=O)[C@@H]1CCC(=O)N1)C(C)(C)CO. The Morgan fingerprint density at radius 2 is 2.27 bits per heavy atom. The summed E-state index contributed by atoms with van der Waals surface area (Å²) in [6.07, 6.45) is 0.952. The quantitative estimate of drug-likeness (QED) is 0.665. The Hall–Kier alpha value is -1.10. The van der Waals surface area contributed by atoms with E-state index < -0.39 is 11.6 Å². The summed E-state index contributed by atoms with van der Waals surface area (Å²) in [5.74, 6) is -0.219. The number of rotatable bonds is 3. The molecule has 1 heterocycles. The lowest BCUT2D eigenvalue weighted by Crippen LogP contribution is -2.53. The Kier molecular flexibility index (Phi) is 3.34. The molecule has 0 bridgehead atoms. The zero-order valence-corrected chi connectivity index (χ0v) is 9.41. The second-order valence-electron chi connectivity index (χ2n) is 4.53. The van der Waals surface area contributed by atoms with E-state index in [2.05, 4.69) is 5.32 Å². The van der Waals surface area contributed by atoms with Crippen molar-refractivity contribution >= 4 is 11.8 Å². The van der Waals surface area contributed by atoms with Gasteiger partial charge in [0.05, 0.1) is 12.1 Å². The van der Waals surface area contributed by atoms with E-state index in [0.717, 1.165) is 0 Å². The number of amides is 2. The van der Waals surface area contributed by atoms with Crippen LogP contribution in [0.4, 0.5) is 0 Å². The van der Waals surface area contributed by atoms with Gasteiger partial charge in [-0.3, -0.25) is 9.59 Å². The molecule has 1 rings (SSSR count). The van der Waals surface area contributed by atoms with Gasteiger partial charge < -0.3 is 15.3 Å². The van der Waals surface area contributed by atoms with E-state index in [4.69, 9.17) is 5.11 Å². The van der Waals surface area contributed by atoms with E-state index in [9.17, 15) is 9.59 Å². The molecule has 1 aliphatic heterocycles. The normalized spacial score (nSPS) is 21.3. The Labute approximate surface area is 89.4 Å². The zero-order valence-electron chi connectivity index (χ0n) is 9.41. The fourth-order valence-electron chi connectivity index (χ4n) is 1.44. The second kappa shape index (κ2) is 4.18. The third-order valence-electron chi connectivity index (χ3n) is 2.92. The molecule has 0 unspecified atom stereocenters.